The van der Waals surface area contributed by atoms with Crippen molar-refractivity contribution >= 4 is 17.7 Å². The van der Waals surface area contributed by atoms with Crippen LogP contribution in [0.3, 0.4) is 0 Å². The highest BCUT2D eigenvalue weighted by molar-refractivity contribution is 5.93. The maximum Gasteiger partial charge on any atom is 0.339 e. The van der Waals surface area contributed by atoms with Crippen LogP contribution in [0.25, 0.3) is 0 Å². The van der Waals surface area contributed by atoms with Crippen LogP contribution in [0, 0.1) is 35.0 Å². The Morgan fingerprint density at radius 2 is 1.95 bits per heavy atom. The minimum atomic E-state index is -1.92. The molecule has 9 nitrogen and oxygen atoms in total. The Morgan fingerprint density at radius 3 is 2.63 bits per heavy atom. The molecular weight excluding hydrogens is 492 g/mol. The fraction of sp³-hybridized carbons (Fsp3) is 0.759. The Hall–Kier alpha value is -2.07. The smallest absolute Gasteiger partial charge is 0.339 e. The fourth-order valence-corrected chi connectivity index (χ4v) is 9.71. The van der Waals surface area contributed by atoms with E-state index in [2.05, 4.69) is 6.92 Å². The molecule has 4 saturated heterocycles. The number of ether oxygens (including phenoxy) is 4. The zero-order valence-electron chi connectivity index (χ0n) is 22.3. The van der Waals surface area contributed by atoms with Gasteiger partial charge >= 0.3 is 11.9 Å². The maximum atomic E-state index is 14.1. The second-order valence-corrected chi connectivity index (χ2v) is 13.5. The number of cyclic esters (lactones) is 1. The van der Waals surface area contributed by atoms with E-state index in [-0.39, 0.29) is 66.3 Å². The first-order valence-corrected chi connectivity index (χ1v) is 13.9. The Labute approximate surface area is 221 Å². The van der Waals surface area contributed by atoms with Gasteiger partial charge in [0.05, 0.1) is 30.1 Å². The van der Waals surface area contributed by atoms with Gasteiger partial charge in [-0.2, -0.15) is 0 Å². The quantitative estimate of drug-likeness (QED) is 0.530. The van der Waals surface area contributed by atoms with Crippen molar-refractivity contribution in [3.63, 3.8) is 0 Å². The Balaban J connectivity index is 1.23. The SMILES string of the molecule is CC1=C/C(=C/[C@@H](C)[C@@H]2[C@H]3[C@]2(C)CC[C@]24C[C@]56OC(=O)C[C@H]5O[C@@](C)(CO)[C@@H]6CC[C@@H]2C(=O)[C@@]3(O)O4)OC1=O. The van der Waals surface area contributed by atoms with Crippen LogP contribution in [0.4, 0.5) is 0 Å². The van der Waals surface area contributed by atoms with Crippen LogP contribution in [0.5, 0.6) is 0 Å². The van der Waals surface area contributed by atoms with Gasteiger partial charge in [-0.3, -0.25) is 9.59 Å². The molecule has 11 atom stereocenters. The van der Waals surface area contributed by atoms with Crippen molar-refractivity contribution < 1.29 is 43.5 Å². The molecule has 9 heteroatoms. The molecule has 0 unspecified atom stereocenters. The zero-order chi connectivity index (χ0) is 27.0. The van der Waals surface area contributed by atoms with Crippen molar-refractivity contribution in [3.05, 3.63) is 23.5 Å². The summed E-state index contributed by atoms with van der Waals surface area (Å²) in [6, 6.07) is 0. The Morgan fingerprint density at radius 1 is 1.18 bits per heavy atom. The van der Waals surface area contributed by atoms with Gasteiger partial charge in [0.2, 0.25) is 5.79 Å². The van der Waals surface area contributed by atoms with Gasteiger partial charge in [0.15, 0.2) is 5.78 Å². The number of ketones is 1. The lowest BCUT2D eigenvalue weighted by Gasteiger charge is -2.41. The third-order valence-corrected chi connectivity index (χ3v) is 11.4. The summed E-state index contributed by atoms with van der Waals surface area (Å²) in [4.78, 5) is 38.4. The molecule has 5 heterocycles. The normalized spacial score (nSPS) is 54.3. The van der Waals surface area contributed by atoms with Crippen molar-refractivity contribution in [1.29, 1.82) is 0 Å². The summed E-state index contributed by atoms with van der Waals surface area (Å²) < 4.78 is 24.3. The van der Waals surface area contributed by atoms with Gasteiger partial charge in [0.25, 0.3) is 0 Å². The van der Waals surface area contributed by atoms with E-state index in [9.17, 15) is 24.6 Å². The van der Waals surface area contributed by atoms with Crippen LogP contribution < -0.4 is 0 Å². The number of rotatable bonds is 3. The topological polar surface area (TPSA) is 129 Å². The Bertz CT molecular complexity index is 1220. The lowest BCUT2D eigenvalue weighted by Crippen LogP contribution is -2.52. The maximum absolute atomic E-state index is 14.1. The van der Waals surface area contributed by atoms with Crippen molar-refractivity contribution in [1.82, 2.24) is 0 Å². The largest absolute Gasteiger partial charge is 0.456 e. The second-order valence-electron chi connectivity index (χ2n) is 13.5. The molecule has 0 aromatic carbocycles. The molecule has 2 saturated carbocycles. The molecule has 0 radical (unpaired) electrons. The van der Waals surface area contributed by atoms with E-state index in [1.807, 2.05) is 19.9 Å². The van der Waals surface area contributed by atoms with Crippen LogP contribution in [0.2, 0.25) is 0 Å². The average Bonchev–Trinajstić information content (AvgIpc) is 3.06. The minimum Gasteiger partial charge on any atom is -0.456 e. The highest BCUT2D eigenvalue weighted by Gasteiger charge is 2.82. The summed E-state index contributed by atoms with van der Waals surface area (Å²) in [7, 11) is 0. The van der Waals surface area contributed by atoms with Crippen molar-refractivity contribution in [2.45, 2.75) is 94.9 Å². The van der Waals surface area contributed by atoms with E-state index in [0.717, 1.165) is 6.42 Å². The molecule has 2 bridgehead atoms. The predicted molar refractivity (Wildman–Crippen MR) is 130 cm³/mol. The molecule has 0 aromatic rings. The number of allylic oxidation sites excluding steroid dienone is 2. The highest BCUT2D eigenvalue weighted by Crippen LogP contribution is 2.75. The molecule has 7 aliphatic rings. The summed E-state index contributed by atoms with van der Waals surface area (Å²) in [6.07, 6.45) is 5.81. The van der Waals surface area contributed by atoms with E-state index in [0.29, 0.717) is 30.6 Å². The van der Waals surface area contributed by atoms with Gasteiger partial charge in [0.1, 0.15) is 17.5 Å². The molecule has 206 valence electrons. The number of carbonyl (C=O) groups is 3. The molecule has 2 aliphatic carbocycles. The summed E-state index contributed by atoms with van der Waals surface area (Å²) in [5.41, 5.74) is -2.61. The number of aliphatic hydroxyl groups excluding tert-OH is 1. The number of esters is 2. The monoisotopic (exact) mass is 528 g/mol. The van der Waals surface area contributed by atoms with Gasteiger partial charge in [-0.1, -0.05) is 13.8 Å². The first kappa shape index (κ1) is 24.9. The van der Waals surface area contributed by atoms with Crippen LogP contribution >= 0.6 is 0 Å². The summed E-state index contributed by atoms with van der Waals surface area (Å²) in [5, 5.41) is 22.3. The summed E-state index contributed by atoms with van der Waals surface area (Å²) >= 11 is 0. The van der Waals surface area contributed by atoms with Gasteiger partial charge in [-0.05, 0) is 68.9 Å². The first-order chi connectivity index (χ1) is 17.8. The number of aliphatic hydroxyl groups is 2. The fourth-order valence-electron chi connectivity index (χ4n) is 9.71. The van der Waals surface area contributed by atoms with E-state index >= 15 is 0 Å². The Kier molecular flexibility index (Phi) is 4.83. The van der Waals surface area contributed by atoms with Crippen molar-refractivity contribution in [3.8, 4) is 0 Å². The standard InChI is InChI=1S/C29H36O9/c1-14(9-16-10-15(2)24(33)35-16)21-22-25(21,3)7-8-27-12-28-18(6-5-17(27)23(32)29(22,34)38-27)26(4,13-30)36-19(28)11-20(31)37-28/h9-10,14,17-19,21-22,30,34H,5-8,11-13H2,1-4H3/b16-9-/t14-,17-,18+,19-,21-,22+,25-,26+,27+,28-,29+/m1/s1. The number of hydrogen-bond donors (Lipinski definition) is 2. The summed E-state index contributed by atoms with van der Waals surface area (Å²) in [6.45, 7) is 7.50. The van der Waals surface area contributed by atoms with Crippen LogP contribution in [0.15, 0.2) is 23.5 Å². The predicted octanol–water partition coefficient (Wildman–Crippen LogP) is 2.33. The average molecular weight is 529 g/mol. The number of fused-ring (bicyclic) bond motifs is 3. The van der Waals surface area contributed by atoms with Gasteiger partial charge < -0.3 is 29.2 Å². The molecule has 0 aromatic heterocycles. The van der Waals surface area contributed by atoms with E-state index in [1.165, 1.54) is 0 Å². The van der Waals surface area contributed by atoms with Gasteiger partial charge in [-0.25, -0.2) is 4.79 Å². The highest BCUT2D eigenvalue weighted by atomic mass is 16.7. The molecule has 2 spiro atoms. The van der Waals surface area contributed by atoms with Gasteiger partial charge in [-0.15, -0.1) is 0 Å². The molecule has 5 aliphatic heterocycles. The molecule has 0 amide bonds. The van der Waals surface area contributed by atoms with E-state index < -0.39 is 34.6 Å². The zero-order valence-corrected chi connectivity index (χ0v) is 22.3. The number of hydrogen-bond acceptors (Lipinski definition) is 9. The summed E-state index contributed by atoms with van der Waals surface area (Å²) in [5.74, 6) is -3.63. The molecule has 7 rings (SSSR count). The lowest BCUT2D eigenvalue weighted by atomic mass is 9.69. The van der Waals surface area contributed by atoms with E-state index in [1.54, 1.807) is 13.0 Å². The third kappa shape index (κ3) is 2.89. The number of carbonyl (C=O) groups excluding carboxylic acids is 3. The van der Waals surface area contributed by atoms with E-state index in [4.69, 9.17) is 18.9 Å². The first-order valence-electron chi connectivity index (χ1n) is 13.9. The van der Waals surface area contributed by atoms with Crippen LogP contribution in [-0.2, 0) is 33.3 Å². The van der Waals surface area contributed by atoms with Crippen LogP contribution in [-0.4, -0.2) is 63.2 Å². The third-order valence-electron chi connectivity index (χ3n) is 11.4. The van der Waals surface area contributed by atoms with Gasteiger partial charge in [0, 0.05) is 23.8 Å². The second kappa shape index (κ2) is 7.36. The molecular formula is C29H36O9. The number of Topliss-reactive ketones (excluding diaryl/α,β-unsaturated/α-hetero) is 1. The molecule has 38 heavy (non-hydrogen) atoms. The molecule has 2 N–H and O–H groups in total. The lowest BCUT2D eigenvalue weighted by molar-refractivity contribution is -0.243. The van der Waals surface area contributed by atoms with Crippen molar-refractivity contribution in [2.24, 2.45) is 35.0 Å². The minimum absolute atomic E-state index is 0.0212. The molecule has 6 fully saturated rings. The van der Waals surface area contributed by atoms with Crippen LogP contribution in [0.1, 0.15) is 66.2 Å². The van der Waals surface area contributed by atoms with Crippen molar-refractivity contribution in [2.75, 3.05) is 6.61 Å².